The zero-order chi connectivity index (χ0) is 18.4. The number of hydrogen-bond donors (Lipinski definition) is 1. The van der Waals surface area contributed by atoms with Gasteiger partial charge < -0.3 is 14.4 Å². The molecule has 2 heterocycles. The molecule has 26 heavy (non-hydrogen) atoms. The summed E-state index contributed by atoms with van der Waals surface area (Å²) in [4.78, 5) is 16.7. The fourth-order valence-corrected chi connectivity index (χ4v) is 3.58. The third-order valence-electron chi connectivity index (χ3n) is 4.68. The summed E-state index contributed by atoms with van der Waals surface area (Å²) < 4.78 is 7.27. The van der Waals surface area contributed by atoms with Crippen LogP contribution in [-0.4, -0.2) is 21.8 Å². The number of nitrogens with zero attached hydrogens (tertiary/aromatic N) is 2. The Balaban J connectivity index is 1.88. The van der Waals surface area contributed by atoms with Crippen LogP contribution in [0.4, 0.5) is 0 Å². The highest BCUT2D eigenvalue weighted by Gasteiger charge is 2.21. The van der Waals surface area contributed by atoms with E-state index in [1.165, 1.54) is 7.11 Å². The van der Waals surface area contributed by atoms with Crippen LogP contribution >= 0.6 is 11.6 Å². The monoisotopic (exact) mass is 368 g/mol. The first-order valence-corrected chi connectivity index (χ1v) is 8.64. The van der Waals surface area contributed by atoms with Gasteiger partial charge in [0.05, 0.1) is 18.0 Å². The van der Waals surface area contributed by atoms with Crippen LogP contribution in [-0.2, 0) is 6.54 Å². The maximum atomic E-state index is 12.4. The Kier molecular flexibility index (Phi) is 3.96. The van der Waals surface area contributed by atoms with Gasteiger partial charge in [0.1, 0.15) is 5.82 Å². The summed E-state index contributed by atoms with van der Waals surface area (Å²) in [7, 11) is 1.52. The van der Waals surface area contributed by atoms with Crippen molar-refractivity contribution < 1.29 is 9.84 Å². The van der Waals surface area contributed by atoms with Gasteiger partial charge in [0.2, 0.25) is 0 Å². The second kappa shape index (κ2) is 6.18. The third kappa shape index (κ3) is 2.65. The topological polar surface area (TPSA) is 64.4 Å². The number of hydrogen-bond acceptors (Lipinski definition) is 4. The summed E-state index contributed by atoms with van der Waals surface area (Å²) in [5.74, 6) is 1.24. The molecule has 1 aliphatic rings. The number of aryl methyl sites for hydroxylation is 2. The first kappa shape index (κ1) is 16.7. The Bertz CT molecular complexity index is 1130. The number of benzene rings is 2. The molecule has 1 aliphatic heterocycles. The molecule has 4 rings (SSSR count). The number of aromatic nitrogens is 2. The smallest absolute Gasteiger partial charge is 0.281 e. The number of allylic oxidation sites excluding steroid dienone is 1. The van der Waals surface area contributed by atoms with Gasteiger partial charge >= 0.3 is 0 Å². The Labute approximate surface area is 155 Å². The van der Waals surface area contributed by atoms with Gasteiger partial charge in [-0.15, -0.1) is 0 Å². The summed E-state index contributed by atoms with van der Waals surface area (Å²) in [5, 5.41) is 11.1. The number of ether oxygens (including phenoxy) is 1. The first-order valence-electron chi connectivity index (χ1n) is 8.26. The van der Waals surface area contributed by atoms with Crippen LogP contribution in [0.3, 0.4) is 0 Å². The molecule has 0 saturated heterocycles. The summed E-state index contributed by atoms with van der Waals surface area (Å²) in [6, 6.07) is 8.96. The number of halogens is 1. The number of rotatable bonds is 2. The highest BCUT2D eigenvalue weighted by atomic mass is 35.5. The molecule has 0 unspecified atom stereocenters. The van der Waals surface area contributed by atoms with Crippen molar-refractivity contribution in [2.45, 2.75) is 19.9 Å². The van der Waals surface area contributed by atoms with E-state index in [0.29, 0.717) is 22.0 Å². The van der Waals surface area contributed by atoms with E-state index in [1.807, 2.05) is 29.7 Å². The number of aromatic hydroxyl groups is 1. The number of phenolic OH excluding ortho intramolecular Hbond substituents is 1. The van der Waals surface area contributed by atoms with E-state index in [-0.39, 0.29) is 11.3 Å². The lowest BCUT2D eigenvalue weighted by atomic mass is 10.1. The quantitative estimate of drug-likeness (QED) is 0.742. The molecule has 0 atom stereocenters. The normalized spacial score (nSPS) is 14.8. The second-order valence-electron chi connectivity index (χ2n) is 6.36. The second-order valence-corrected chi connectivity index (χ2v) is 6.80. The molecule has 0 spiro atoms. The molecule has 3 aromatic rings. The predicted molar refractivity (Wildman–Crippen MR) is 103 cm³/mol. The molecule has 1 N–H and O–H groups in total. The minimum Gasteiger partial charge on any atom is -0.504 e. The highest BCUT2D eigenvalue weighted by molar-refractivity contribution is 6.31. The maximum absolute atomic E-state index is 12.4. The molecule has 0 bridgehead atoms. The van der Waals surface area contributed by atoms with Gasteiger partial charge in [-0.1, -0.05) is 11.6 Å². The summed E-state index contributed by atoms with van der Waals surface area (Å²) >= 11 is 6.01. The van der Waals surface area contributed by atoms with Crippen molar-refractivity contribution in [2.24, 2.45) is 0 Å². The van der Waals surface area contributed by atoms with Crippen LogP contribution in [0.2, 0.25) is 5.02 Å². The van der Waals surface area contributed by atoms with Crippen LogP contribution in [0, 0.1) is 6.92 Å². The van der Waals surface area contributed by atoms with Crippen molar-refractivity contribution in [1.82, 2.24) is 9.55 Å². The van der Waals surface area contributed by atoms with Crippen molar-refractivity contribution in [3.63, 3.8) is 0 Å². The molecule has 5 nitrogen and oxygen atoms in total. The van der Waals surface area contributed by atoms with Crippen molar-refractivity contribution in [3.05, 3.63) is 62.7 Å². The third-order valence-corrected chi connectivity index (χ3v) is 4.92. The molecule has 0 aliphatic carbocycles. The highest BCUT2D eigenvalue weighted by Crippen LogP contribution is 2.34. The Morgan fingerprint density at radius 2 is 2.12 bits per heavy atom. The molecule has 0 saturated carbocycles. The SMILES string of the molecule is COc1cc(/C=C2\CCn3c2nc(=O)c2cc(Cl)ccc23)cc(C)c1O. The molecule has 6 heteroatoms. The molecular formula is C20H17ClN2O3. The van der Waals surface area contributed by atoms with E-state index >= 15 is 0 Å². The van der Waals surface area contributed by atoms with Crippen molar-refractivity contribution in [1.29, 1.82) is 0 Å². The molecule has 0 fully saturated rings. The zero-order valence-corrected chi connectivity index (χ0v) is 15.2. The van der Waals surface area contributed by atoms with Gasteiger partial charge in [-0.25, -0.2) is 0 Å². The largest absolute Gasteiger partial charge is 0.504 e. The fourth-order valence-electron chi connectivity index (χ4n) is 3.41. The van der Waals surface area contributed by atoms with Gasteiger partial charge in [0.15, 0.2) is 11.5 Å². The van der Waals surface area contributed by atoms with Gasteiger partial charge in [-0.05, 0) is 66.5 Å². The Morgan fingerprint density at radius 3 is 2.88 bits per heavy atom. The number of fused-ring (bicyclic) bond motifs is 3. The summed E-state index contributed by atoms with van der Waals surface area (Å²) in [6.07, 6.45) is 2.76. The minimum absolute atomic E-state index is 0.138. The lowest BCUT2D eigenvalue weighted by Crippen LogP contribution is -2.14. The predicted octanol–water partition coefficient (Wildman–Crippen LogP) is 4.02. The fraction of sp³-hybridized carbons (Fsp3) is 0.200. The van der Waals surface area contributed by atoms with Gasteiger partial charge in [0.25, 0.3) is 5.56 Å². The lowest BCUT2D eigenvalue weighted by molar-refractivity contribution is 0.371. The summed E-state index contributed by atoms with van der Waals surface area (Å²) in [5.41, 5.74) is 3.16. The van der Waals surface area contributed by atoms with E-state index in [0.717, 1.165) is 35.2 Å². The lowest BCUT2D eigenvalue weighted by Gasteiger charge is -2.09. The van der Waals surface area contributed by atoms with Crippen LogP contribution in [0.15, 0.2) is 35.1 Å². The maximum Gasteiger partial charge on any atom is 0.281 e. The van der Waals surface area contributed by atoms with Gasteiger partial charge in [-0.3, -0.25) is 4.79 Å². The number of methoxy groups -OCH3 is 1. The van der Waals surface area contributed by atoms with Crippen molar-refractivity contribution in [2.75, 3.05) is 7.11 Å². The van der Waals surface area contributed by atoms with Crippen LogP contribution < -0.4 is 10.3 Å². The van der Waals surface area contributed by atoms with E-state index in [1.54, 1.807) is 18.2 Å². The van der Waals surface area contributed by atoms with Crippen molar-refractivity contribution in [3.8, 4) is 11.5 Å². The first-order chi connectivity index (χ1) is 12.5. The molecule has 132 valence electrons. The average Bonchev–Trinajstić information content (AvgIpc) is 3.00. The molecule has 2 aromatic carbocycles. The molecular weight excluding hydrogens is 352 g/mol. The minimum atomic E-state index is -0.277. The van der Waals surface area contributed by atoms with Gasteiger partial charge in [0, 0.05) is 11.6 Å². The van der Waals surface area contributed by atoms with Crippen LogP contribution in [0.5, 0.6) is 11.5 Å². The average molecular weight is 369 g/mol. The van der Waals surface area contributed by atoms with E-state index in [9.17, 15) is 9.90 Å². The zero-order valence-electron chi connectivity index (χ0n) is 14.4. The van der Waals surface area contributed by atoms with Gasteiger partial charge in [-0.2, -0.15) is 4.98 Å². The van der Waals surface area contributed by atoms with E-state index < -0.39 is 0 Å². The molecule has 1 aromatic heterocycles. The Morgan fingerprint density at radius 1 is 1.31 bits per heavy atom. The molecule has 0 amide bonds. The molecule has 0 radical (unpaired) electrons. The standard InChI is InChI=1S/C20H17ClN2O3/c1-11-7-12(9-17(26-2)18(11)24)8-13-5-6-23-16-4-3-14(21)10-15(16)20(25)22-19(13)23/h3-4,7-10,24H,5-6H2,1-2H3/b13-8+. The number of phenols is 1. The van der Waals surface area contributed by atoms with Crippen LogP contribution in [0.1, 0.15) is 23.4 Å². The van der Waals surface area contributed by atoms with Crippen LogP contribution in [0.25, 0.3) is 22.6 Å². The Hall–Kier alpha value is -2.79. The van der Waals surface area contributed by atoms with E-state index in [4.69, 9.17) is 16.3 Å². The summed E-state index contributed by atoms with van der Waals surface area (Å²) in [6.45, 7) is 2.57. The van der Waals surface area contributed by atoms with Crippen molar-refractivity contribution >= 4 is 34.2 Å². The van der Waals surface area contributed by atoms with E-state index in [2.05, 4.69) is 4.98 Å².